The third-order valence-electron chi connectivity index (χ3n) is 3.86. The maximum absolute atomic E-state index is 11.8. The molecule has 0 aliphatic carbocycles. The van der Waals surface area contributed by atoms with Crippen molar-refractivity contribution in [3.63, 3.8) is 0 Å². The Labute approximate surface area is 126 Å². The van der Waals surface area contributed by atoms with E-state index < -0.39 is 0 Å². The number of likely N-dealkylation sites (tertiary alicyclic amines) is 1. The van der Waals surface area contributed by atoms with Crippen molar-refractivity contribution in [2.24, 2.45) is 0 Å². The van der Waals surface area contributed by atoms with Crippen LogP contribution < -0.4 is 15.8 Å². The summed E-state index contributed by atoms with van der Waals surface area (Å²) in [6.45, 7) is 5.14. The molecule has 1 saturated heterocycles. The Morgan fingerprint density at radius 1 is 1.29 bits per heavy atom. The predicted octanol–water partition coefficient (Wildman–Crippen LogP) is 1.64. The van der Waals surface area contributed by atoms with Crippen molar-refractivity contribution in [3.8, 4) is 5.75 Å². The molecule has 1 unspecified atom stereocenters. The number of hydrogen-bond donors (Lipinski definition) is 2. The number of hydrogen-bond acceptors (Lipinski definition) is 4. The van der Waals surface area contributed by atoms with Gasteiger partial charge in [0.1, 0.15) is 5.75 Å². The largest absolute Gasteiger partial charge is 0.484 e. The number of nitrogens with two attached hydrogens (primary N) is 1. The third kappa shape index (κ3) is 5.27. The summed E-state index contributed by atoms with van der Waals surface area (Å²) >= 11 is 0. The Bertz CT molecular complexity index is 441. The highest BCUT2D eigenvalue weighted by molar-refractivity contribution is 5.77. The van der Waals surface area contributed by atoms with Crippen LogP contribution in [0.4, 0.5) is 5.69 Å². The van der Waals surface area contributed by atoms with E-state index in [0.29, 0.717) is 24.0 Å². The Morgan fingerprint density at radius 2 is 1.95 bits per heavy atom. The minimum atomic E-state index is -0.0873. The van der Waals surface area contributed by atoms with Gasteiger partial charge < -0.3 is 15.8 Å². The Morgan fingerprint density at radius 3 is 2.62 bits per heavy atom. The monoisotopic (exact) mass is 291 g/mol. The first kappa shape index (κ1) is 15.6. The van der Waals surface area contributed by atoms with Crippen LogP contribution in [0.5, 0.6) is 5.75 Å². The van der Waals surface area contributed by atoms with E-state index in [1.54, 1.807) is 24.3 Å². The van der Waals surface area contributed by atoms with Crippen molar-refractivity contribution in [1.29, 1.82) is 0 Å². The first-order valence-electron chi connectivity index (χ1n) is 7.64. The zero-order valence-corrected chi connectivity index (χ0v) is 12.7. The lowest BCUT2D eigenvalue weighted by Gasteiger charge is -2.32. The second-order valence-electron chi connectivity index (χ2n) is 5.61. The van der Waals surface area contributed by atoms with E-state index in [1.807, 2.05) is 0 Å². The highest BCUT2D eigenvalue weighted by Crippen LogP contribution is 2.13. The number of carbonyl (C=O) groups excluding carboxylic acids is 1. The zero-order chi connectivity index (χ0) is 15.1. The van der Waals surface area contributed by atoms with Crippen LogP contribution in [-0.4, -0.2) is 43.1 Å². The summed E-state index contributed by atoms with van der Waals surface area (Å²) in [6.07, 6.45) is 3.85. The lowest BCUT2D eigenvalue weighted by molar-refractivity contribution is -0.123. The molecular weight excluding hydrogens is 266 g/mol. The van der Waals surface area contributed by atoms with Crippen molar-refractivity contribution in [2.45, 2.75) is 32.2 Å². The molecule has 5 heteroatoms. The van der Waals surface area contributed by atoms with E-state index in [4.69, 9.17) is 10.5 Å². The molecule has 116 valence electrons. The van der Waals surface area contributed by atoms with Crippen LogP contribution in [0.1, 0.15) is 26.2 Å². The summed E-state index contributed by atoms with van der Waals surface area (Å²) in [5.41, 5.74) is 6.28. The fourth-order valence-electron chi connectivity index (χ4n) is 2.51. The number of nitrogens with one attached hydrogen (secondary N) is 1. The van der Waals surface area contributed by atoms with Gasteiger partial charge in [-0.25, -0.2) is 0 Å². The molecule has 1 amide bonds. The van der Waals surface area contributed by atoms with Gasteiger partial charge >= 0.3 is 0 Å². The molecule has 0 spiro atoms. The van der Waals surface area contributed by atoms with E-state index in [1.165, 1.54) is 19.3 Å². The van der Waals surface area contributed by atoms with Gasteiger partial charge in [0.25, 0.3) is 5.91 Å². The SMILES string of the molecule is CC(CNC(=O)COc1ccc(N)cc1)N1CCCCC1. The molecule has 0 saturated carbocycles. The fourth-order valence-corrected chi connectivity index (χ4v) is 2.51. The van der Waals surface area contributed by atoms with Crippen LogP contribution in [0.2, 0.25) is 0 Å². The molecule has 0 radical (unpaired) electrons. The van der Waals surface area contributed by atoms with Crippen LogP contribution in [0.3, 0.4) is 0 Å². The second kappa shape index (κ2) is 7.88. The summed E-state index contributed by atoms with van der Waals surface area (Å²) in [6, 6.07) is 7.42. The zero-order valence-electron chi connectivity index (χ0n) is 12.7. The van der Waals surface area contributed by atoms with Gasteiger partial charge in [0.15, 0.2) is 6.61 Å². The molecule has 0 aromatic heterocycles. The van der Waals surface area contributed by atoms with Crippen LogP contribution >= 0.6 is 0 Å². The maximum atomic E-state index is 11.8. The van der Waals surface area contributed by atoms with Gasteiger partial charge in [-0.3, -0.25) is 9.69 Å². The van der Waals surface area contributed by atoms with Crippen molar-refractivity contribution >= 4 is 11.6 Å². The van der Waals surface area contributed by atoms with Crippen molar-refractivity contribution in [2.75, 3.05) is 32.0 Å². The average Bonchev–Trinajstić information content (AvgIpc) is 2.53. The van der Waals surface area contributed by atoms with E-state index >= 15 is 0 Å². The van der Waals surface area contributed by atoms with E-state index in [-0.39, 0.29) is 12.5 Å². The lowest BCUT2D eigenvalue weighted by Crippen LogP contribution is -2.45. The van der Waals surface area contributed by atoms with Crippen molar-refractivity contribution in [1.82, 2.24) is 10.2 Å². The lowest BCUT2D eigenvalue weighted by atomic mass is 10.1. The number of piperidine rings is 1. The van der Waals surface area contributed by atoms with Gasteiger partial charge in [-0.05, 0) is 57.1 Å². The predicted molar refractivity (Wildman–Crippen MR) is 84.2 cm³/mol. The molecule has 5 nitrogen and oxygen atoms in total. The molecular formula is C16H25N3O2. The van der Waals surface area contributed by atoms with Gasteiger partial charge in [-0.15, -0.1) is 0 Å². The summed E-state index contributed by atoms with van der Waals surface area (Å²) in [7, 11) is 0. The third-order valence-corrected chi connectivity index (χ3v) is 3.86. The molecule has 1 aliphatic heterocycles. The summed E-state index contributed by atoms with van der Waals surface area (Å²) in [5.74, 6) is 0.569. The van der Waals surface area contributed by atoms with Crippen LogP contribution in [0.15, 0.2) is 24.3 Å². The summed E-state index contributed by atoms with van der Waals surface area (Å²) < 4.78 is 5.42. The molecule has 2 rings (SSSR count). The minimum Gasteiger partial charge on any atom is -0.484 e. The quantitative estimate of drug-likeness (QED) is 0.782. The van der Waals surface area contributed by atoms with Crippen LogP contribution in [0, 0.1) is 0 Å². The van der Waals surface area contributed by atoms with Crippen molar-refractivity contribution in [3.05, 3.63) is 24.3 Å². The van der Waals surface area contributed by atoms with Gasteiger partial charge in [0.2, 0.25) is 0 Å². The Hall–Kier alpha value is -1.75. The maximum Gasteiger partial charge on any atom is 0.257 e. The number of carbonyl (C=O) groups is 1. The topological polar surface area (TPSA) is 67.6 Å². The highest BCUT2D eigenvalue weighted by Gasteiger charge is 2.17. The fraction of sp³-hybridized carbons (Fsp3) is 0.562. The van der Waals surface area contributed by atoms with Gasteiger partial charge in [0, 0.05) is 18.3 Å². The molecule has 1 aliphatic rings. The summed E-state index contributed by atoms with van der Waals surface area (Å²) in [4.78, 5) is 14.2. The van der Waals surface area contributed by atoms with E-state index in [0.717, 1.165) is 13.1 Å². The van der Waals surface area contributed by atoms with Gasteiger partial charge in [-0.2, -0.15) is 0 Å². The Balaban J connectivity index is 1.66. The molecule has 1 fully saturated rings. The first-order valence-corrected chi connectivity index (χ1v) is 7.64. The van der Waals surface area contributed by atoms with E-state index in [9.17, 15) is 4.79 Å². The smallest absolute Gasteiger partial charge is 0.257 e. The second-order valence-corrected chi connectivity index (χ2v) is 5.61. The number of benzene rings is 1. The molecule has 21 heavy (non-hydrogen) atoms. The number of rotatable bonds is 6. The van der Waals surface area contributed by atoms with Crippen LogP contribution in [-0.2, 0) is 4.79 Å². The van der Waals surface area contributed by atoms with Crippen LogP contribution in [0.25, 0.3) is 0 Å². The normalized spacial score (nSPS) is 17.2. The van der Waals surface area contributed by atoms with Gasteiger partial charge in [-0.1, -0.05) is 6.42 Å². The molecule has 0 bridgehead atoms. The molecule has 1 heterocycles. The number of amides is 1. The number of nitrogen functional groups attached to an aromatic ring is 1. The molecule has 3 N–H and O–H groups in total. The highest BCUT2D eigenvalue weighted by atomic mass is 16.5. The number of nitrogens with zero attached hydrogens (tertiary/aromatic N) is 1. The molecule has 1 atom stereocenters. The number of ether oxygens (including phenoxy) is 1. The standard InChI is InChI=1S/C16H25N3O2/c1-13(19-9-3-2-4-10-19)11-18-16(20)12-21-15-7-5-14(17)6-8-15/h5-8,13H,2-4,9-12,17H2,1H3,(H,18,20). The van der Waals surface area contributed by atoms with E-state index in [2.05, 4.69) is 17.1 Å². The first-order chi connectivity index (χ1) is 10.1. The molecule has 1 aromatic rings. The molecule has 1 aromatic carbocycles. The van der Waals surface area contributed by atoms with Gasteiger partial charge in [0.05, 0.1) is 0 Å². The average molecular weight is 291 g/mol. The van der Waals surface area contributed by atoms with Crippen molar-refractivity contribution < 1.29 is 9.53 Å². The Kier molecular flexibility index (Phi) is 5.87. The minimum absolute atomic E-state index is 0.0383. The summed E-state index contributed by atoms with van der Waals surface area (Å²) in [5, 5.41) is 2.93. The number of anilines is 1.